The number of nitrogens with zero attached hydrogens (tertiary/aromatic N) is 1. The van der Waals surface area contributed by atoms with E-state index in [1.165, 1.54) is 11.1 Å². The number of nitriles is 1. The maximum Gasteiger partial charge on any atom is 0.0997 e. The van der Waals surface area contributed by atoms with Gasteiger partial charge in [0.1, 0.15) is 0 Å². The van der Waals surface area contributed by atoms with Gasteiger partial charge in [0.05, 0.1) is 11.6 Å². The van der Waals surface area contributed by atoms with Gasteiger partial charge >= 0.3 is 0 Å². The first-order chi connectivity index (χ1) is 6.57. The Morgan fingerprint density at radius 2 is 1.43 bits per heavy atom. The third kappa shape index (κ3) is 1.96. The van der Waals surface area contributed by atoms with Gasteiger partial charge in [-0.2, -0.15) is 5.26 Å². The van der Waals surface area contributed by atoms with Gasteiger partial charge in [0.25, 0.3) is 0 Å². The monoisotopic (exact) mass is 187 g/mol. The van der Waals surface area contributed by atoms with E-state index in [2.05, 4.69) is 45.9 Å². The van der Waals surface area contributed by atoms with Crippen molar-refractivity contribution in [2.75, 3.05) is 0 Å². The fourth-order valence-corrected chi connectivity index (χ4v) is 1.68. The number of benzene rings is 1. The molecule has 0 N–H and O–H groups in total. The van der Waals surface area contributed by atoms with Gasteiger partial charge in [-0.15, -0.1) is 0 Å². The van der Waals surface area contributed by atoms with Crippen molar-refractivity contribution in [1.82, 2.24) is 0 Å². The minimum Gasteiger partial charge on any atom is -0.192 e. The predicted octanol–water partition coefficient (Wildman–Crippen LogP) is 3.81. The van der Waals surface area contributed by atoms with E-state index in [0.29, 0.717) is 11.8 Å². The van der Waals surface area contributed by atoms with Gasteiger partial charge in [-0.25, -0.2) is 0 Å². The van der Waals surface area contributed by atoms with Gasteiger partial charge in [-0.1, -0.05) is 45.9 Å². The lowest BCUT2D eigenvalue weighted by Gasteiger charge is -2.14. The van der Waals surface area contributed by atoms with Crippen LogP contribution in [0, 0.1) is 11.3 Å². The van der Waals surface area contributed by atoms with Crippen molar-refractivity contribution in [3.63, 3.8) is 0 Å². The summed E-state index contributed by atoms with van der Waals surface area (Å²) in [6.07, 6.45) is 0. The van der Waals surface area contributed by atoms with Crippen molar-refractivity contribution in [3.05, 3.63) is 34.9 Å². The minimum absolute atomic E-state index is 0.420. The average Bonchev–Trinajstić information content (AvgIpc) is 2.16. The molecule has 0 unspecified atom stereocenters. The van der Waals surface area contributed by atoms with Crippen LogP contribution in [0.4, 0.5) is 0 Å². The molecule has 0 spiro atoms. The first-order valence-electron chi connectivity index (χ1n) is 5.10. The molecule has 0 aliphatic carbocycles. The summed E-state index contributed by atoms with van der Waals surface area (Å²) in [5, 5.41) is 9.15. The lowest BCUT2D eigenvalue weighted by Crippen LogP contribution is -1.99. The third-order valence-electron chi connectivity index (χ3n) is 2.48. The van der Waals surface area contributed by atoms with E-state index in [1.807, 2.05) is 6.07 Å². The van der Waals surface area contributed by atoms with Crippen LogP contribution in [0.2, 0.25) is 0 Å². The maximum absolute atomic E-state index is 9.15. The Hall–Kier alpha value is -1.29. The fourth-order valence-electron chi connectivity index (χ4n) is 1.68. The topological polar surface area (TPSA) is 23.8 Å². The van der Waals surface area contributed by atoms with Crippen LogP contribution in [0.15, 0.2) is 18.2 Å². The average molecular weight is 187 g/mol. The molecule has 1 aromatic carbocycles. The molecule has 0 atom stereocenters. The molecule has 1 heteroatoms. The molecule has 14 heavy (non-hydrogen) atoms. The SMILES string of the molecule is CC(C)c1cccc(C(C)C)c1C#N. The van der Waals surface area contributed by atoms with Crippen LogP contribution in [0.5, 0.6) is 0 Å². The highest BCUT2D eigenvalue weighted by Gasteiger charge is 2.12. The van der Waals surface area contributed by atoms with Crippen molar-refractivity contribution in [3.8, 4) is 6.07 Å². The highest BCUT2D eigenvalue weighted by Crippen LogP contribution is 2.26. The van der Waals surface area contributed by atoms with E-state index < -0.39 is 0 Å². The fraction of sp³-hybridized carbons (Fsp3) is 0.462. The molecule has 0 bridgehead atoms. The first-order valence-corrected chi connectivity index (χ1v) is 5.10. The molecule has 0 radical (unpaired) electrons. The highest BCUT2D eigenvalue weighted by molar-refractivity contribution is 5.47. The quantitative estimate of drug-likeness (QED) is 0.690. The van der Waals surface area contributed by atoms with Crippen LogP contribution >= 0.6 is 0 Å². The molecule has 0 saturated heterocycles. The summed E-state index contributed by atoms with van der Waals surface area (Å²) in [6, 6.07) is 8.48. The van der Waals surface area contributed by atoms with Crippen LogP contribution in [-0.4, -0.2) is 0 Å². The molecule has 0 fully saturated rings. The Bertz CT molecular complexity index is 330. The molecular formula is C13H17N. The van der Waals surface area contributed by atoms with E-state index in [9.17, 15) is 0 Å². The Balaban J connectivity index is 3.34. The third-order valence-corrected chi connectivity index (χ3v) is 2.48. The van der Waals surface area contributed by atoms with Gasteiger partial charge in [-0.05, 0) is 23.0 Å². The van der Waals surface area contributed by atoms with Gasteiger partial charge in [-0.3, -0.25) is 0 Å². The molecule has 1 nitrogen and oxygen atoms in total. The Kier molecular flexibility index (Phi) is 3.30. The van der Waals surface area contributed by atoms with E-state index in [1.54, 1.807) is 0 Å². The predicted molar refractivity (Wildman–Crippen MR) is 59.3 cm³/mol. The van der Waals surface area contributed by atoms with Crippen LogP contribution in [0.1, 0.15) is 56.2 Å². The van der Waals surface area contributed by atoms with Crippen molar-refractivity contribution in [1.29, 1.82) is 5.26 Å². The standard InChI is InChI=1S/C13H17N/c1-9(2)11-6-5-7-12(10(3)4)13(11)8-14/h5-7,9-10H,1-4H3. The number of hydrogen-bond acceptors (Lipinski definition) is 1. The molecule has 0 amide bonds. The lowest BCUT2D eigenvalue weighted by atomic mass is 9.89. The Labute approximate surface area is 86.4 Å². The largest absolute Gasteiger partial charge is 0.192 e. The van der Waals surface area contributed by atoms with Crippen molar-refractivity contribution < 1.29 is 0 Å². The second-order valence-electron chi connectivity index (χ2n) is 4.23. The summed E-state index contributed by atoms with van der Waals surface area (Å²) in [5.41, 5.74) is 3.20. The summed E-state index contributed by atoms with van der Waals surface area (Å²) in [4.78, 5) is 0. The molecule has 0 saturated carbocycles. The molecular weight excluding hydrogens is 170 g/mol. The van der Waals surface area contributed by atoms with Crippen molar-refractivity contribution >= 4 is 0 Å². The van der Waals surface area contributed by atoms with Gasteiger partial charge in [0.15, 0.2) is 0 Å². The van der Waals surface area contributed by atoms with Crippen LogP contribution < -0.4 is 0 Å². The second-order valence-corrected chi connectivity index (χ2v) is 4.23. The molecule has 0 aromatic heterocycles. The molecule has 0 aliphatic heterocycles. The smallest absolute Gasteiger partial charge is 0.0997 e. The Morgan fingerprint density at radius 1 is 1.00 bits per heavy atom. The summed E-state index contributed by atoms with van der Waals surface area (Å²) < 4.78 is 0. The zero-order valence-corrected chi connectivity index (χ0v) is 9.33. The molecule has 1 rings (SSSR count). The minimum atomic E-state index is 0.420. The maximum atomic E-state index is 9.15. The van der Waals surface area contributed by atoms with Crippen molar-refractivity contribution in [2.24, 2.45) is 0 Å². The van der Waals surface area contributed by atoms with Gasteiger partial charge in [0.2, 0.25) is 0 Å². The summed E-state index contributed by atoms with van der Waals surface area (Å²) >= 11 is 0. The summed E-state index contributed by atoms with van der Waals surface area (Å²) in [6.45, 7) is 8.50. The number of hydrogen-bond donors (Lipinski definition) is 0. The zero-order chi connectivity index (χ0) is 10.7. The normalized spacial score (nSPS) is 10.6. The van der Waals surface area contributed by atoms with E-state index in [0.717, 1.165) is 5.56 Å². The van der Waals surface area contributed by atoms with Crippen LogP contribution in [0.25, 0.3) is 0 Å². The summed E-state index contributed by atoms with van der Waals surface area (Å²) in [5.74, 6) is 0.840. The number of rotatable bonds is 2. The molecule has 0 aliphatic rings. The van der Waals surface area contributed by atoms with Crippen molar-refractivity contribution in [2.45, 2.75) is 39.5 Å². The highest BCUT2D eigenvalue weighted by atomic mass is 14.3. The van der Waals surface area contributed by atoms with Crippen LogP contribution in [0.3, 0.4) is 0 Å². The van der Waals surface area contributed by atoms with Crippen LogP contribution in [-0.2, 0) is 0 Å². The van der Waals surface area contributed by atoms with E-state index >= 15 is 0 Å². The molecule has 0 heterocycles. The van der Waals surface area contributed by atoms with E-state index in [4.69, 9.17) is 5.26 Å². The molecule has 74 valence electrons. The van der Waals surface area contributed by atoms with E-state index in [-0.39, 0.29) is 0 Å². The first kappa shape index (κ1) is 10.8. The second kappa shape index (κ2) is 4.28. The van der Waals surface area contributed by atoms with Gasteiger partial charge < -0.3 is 0 Å². The van der Waals surface area contributed by atoms with Gasteiger partial charge in [0, 0.05) is 0 Å². The summed E-state index contributed by atoms with van der Waals surface area (Å²) in [7, 11) is 0. The lowest BCUT2D eigenvalue weighted by molar-refractivity contribution is 0.827. The zero-order valence-electron chi connectivity index (χ0n) is 9.33. The Morgan fingerprint density at radius 3 is 1.71 bits per heavy atom. The molecule has 1 aromatic rings.